The molecule has 2 atom stereocenters. The molecule has 2 rings (SSSR count). The van der Waals surface area contributed by atoms with Gasteiger partial charge in [-0.1, -0.05) is 13.8 Å². The largest absolute Gasteiger partial charge is 0.316 e. The van der Waals surface area contributed by atoms with Gasteiger partial charge < -0.3 is 5.32 Å². The molecule has 1 saturated heterocycles. The summed E-state index contributed by atoms with van der Waals surface area (Å²) < 4.78 is 2.16. The molecule has 0 aromatic carbocycles. The molecule has 0 radical (unpaired) electrons. The highest BCUT2D eigenvalue weighted by atomic mass is 32.2. The fraction of sp³-hybridized carbons (Fsp3) is 0.786. The summed E-state index contributed by atoms with van der Waals surface area (Å²) in [5, 5.41) is 8.19. The van der Waals surface area contributed by atoms with E-state index in [1.165, 1.54) is 17.2 Å². The minimum absolute atomic E-state index is 0.566. The second-order valence-electron chi connectivity index (χ2n) is 5.15. The molecule has 2 unspecified atom stereocenters. The monoisotopic (exact) mass is 267 g/mol. The predicted molar refractivity (Wildman–Crippen MR) is 79.2 cm³/mol. The van der Waals surface area contributed by atoms with Crippen LogP contribution in [0.4, 0.5) is 0 Å². The molecule has 1 N–H and O–H groups in total. The Kier molecular flexibility index (Phi) is 5.13. The minimum atomic E-state index is 0.566. The highest BCUT2D eigenvalue weighted by Gasteiger charge is 2.27. The Balaban J connectivity index is 1.98. The van der Waals surface area contributed by atoms with E-state index in [1.54, 1.807) is 0 Å². The van der Waals surface area contributed by atoms with Crippen LogP contribution in [0.5, 0.6) is 0 Å². The molecule has 1 aromatic rings. The average Bonchev–Trinajstić information content (AvgIpc) is 3.01. The van der Waals surface area contributed by atoms with Gasteiger partial charge in [0.25, 0.3) is 0 Å². The third kappa shape index (κ3) is 3.09. The first-order valence-corrected chi connectivity index (χ1v) is 8.23. The number of aromatic nitrogens is 2. The molecular formula is C14H25N3S. The van der Waals surface area contributed by atoms with Crippen molar-refractivity contribution in [1.29, 1.82) is 0 Å². The second-order valence-corrected chi connectivity index (χ2v) is 6.23. The van der Waals surface area contributed by atoms with Crippen molar-refractivity contribution in [3.05, 3.63) is 18.0 Å². The summed E-state index contributed by atoms with van der Waals surface area (Å²) in [6, 6.07) is 3.43. The van der Waals surface area contributed by atoms with E-state index < -0.39 is 0 Å². The van der Waals surface area contributed by atoms with Crippen LogP contribution in [-0.4, -0.2) is 34.4 Å². The van der Waals surface area contributed by atoms with Gasteiger partial charge in [-0.3, -0.25) is 4.68 Å². The van der Waals surface area contributed by atoms with Crippen molar-refractivity contribution in [3.63, 3.8) is 0 Å². The number of rotatable bonds is 6. The molecule has 0 aliphatic carbocycles. The average molecular weight is 267 g/mol. The third-order valence-corrected chi connectivity index (χ3v) is 5.28. The SMILES string of the molecule is CCC(CC)n1ccc(CC2CSCC2NC)n1. The van der Waals surface area contributed by atoms with Gasteiger partial charge in [0, 0.05) is 18.0 Å². The lowest BCUT2D eigenvalue weighted by Gasteiger charge is -2.17. The molecule has 1 fully saturated rings. The maximum absolute atomic E-state index is 4.76. The standard InChI is InChI=1S/C14H25N3S/c1-4-13(5-2)17-7-6-12(16-17)8-11-9-18-10-14(11)15-3/h6-7,11,13-15H,4-5,8-10H2,1-3H3. The van der Waals surface area contributed by atoms with E-state index in [1.807, 2.05) is 0 Å². The lowest BCUT2D eigenvalue weighted by Crippen LogP contribution is -2.33. The van der Waals surface area contributed by atoms with Crippen molar-refractivity contribution in [2.75, 3.05) is 18.6 Å². The molecule has 0 amide bonds. The molecule has 1 aliphatic heterocycles. The maximum Gasteiger partial charge on any atom is 0.0628 e. The van der Waals surface area contributed by atoms with Crippen LogP contribution in [0.15, 0.2) is 12.3 Å². The van der Waals surface area contributed by atoms with Gasteiger partial charge in [0.1, 0.15) is 0 Å². The zero-order valence-electron chi connectivity index (χ0n) is 11.7. The summed E-state index contributed by atoms with van der Waals surface area (Å²) in [4.78, 5) is 0. The molecule has 18 heavy (non-hydrogen) atoms. The van der Waals surface area contributed by atoms with Gasteiger partial charge in [0.05, 0.1) is 11.7 Å². The lowest BCUT2D eigenvalue weighted by atomic mass is 9.98. The van der Waals surface area contributed by atoms with Crippen LogP contribution < -0.4 is 5.32 Å². The van der Waals surface area contributed by atoms with Crippen LogP contribution in [0.1, 0.15) is 38.4 Å². The highest BCUT2D eigenvalue weighted by molar-refractivity contribution is 7.99. The molecule has 0 bridgehead atoms. The molecular weight excluding hydrogens is 242 g/mol. The summed E-state index contributed by atoms with van der Waals surface area (Å²) in [6.07, 6.45) is 5.60. The van der Waals surface area contributed by atoms with E-state index >= 15 is 0 Å². The van der Waals surface area contributed by atoms with Crippen molar-refractivity contribution >= 4 is 11.8 Å². The zero-order chi connectivity index (χ0) is 13.0. The van der Waals surface area contributed by atoms with E-state index in [-0.39, 0.29) is 0 Å². The highest BCUT2D eigenvalue weighted by Crippen LogP contribution is 2.27. The Labute approximate surface area is 115 Å². The molecule has 102 valence electrons. The molecule has 1 aliphatic rings. The topological polar surface area (TPSA) is 29.9 Å². The van der Waals surface area contributed by atoms with Gasteiger partial charge in [-0.2, -0.15) is 16.9 Å². The van der Waals surface area contributed by atoms with Gasteiger partial charge in [-0.05, 0) is 44.0 Å². The maximum atomic E-state index is 4.76. The molecule has 3 nitrogen and oxygen atoms in total. The molecule has 0 saturated carbocycles. The summed E-state index contributed by atoms with van der Waals surface area (Å²) in [7, 11) is 2.08. The number of hydrogen-bond acceptors (Lipinski definition) is 3. The second kappa shape index (κ2) is 6.62. The van der Waals surface area contributed by atoms with Gasteiger partial charge in [0.2, 0.25) is 0 Å². The minimum Gasteiger partial charge on any atom is -0.316 e. The van der Waals surface area contributed by atoms with Crippen LogP contribution in [0.3, 0.4) is 0 Å². The molecule has 1 aromatic heterocycles. The van der Waals surface area contributed by atoms with Crippen LogP contribution in [0.2, 0.25) is 0 Å². The van der Waals surface area contributed by atoms with Crippen molar-refractivity contribution in [3.8, 4) is 0 Å². The Hall–Kier alpha value is -0.480. The van der Waals surface area contributed by atoms with Crippen LogP contribution >= 0.6 is 11.8 Å². The summed E-state index contributed by atoms with van der Waals surface area (Å²) in [5.74, 6) is 3.25. The molecule has 4 heteroatoms. The predicted octanol–water partition coefficient (Wildman–Crippen LogP) is 2.74. The summed E-state index contributed by atoms with van der Waals surface area (Å²) >= 11 is 2.06. The molecule has 2 heterocycles. The van der Waals surface area contributed by atoms with Crippen molar-refractivity contribution < 1.29 is 0 Å². The fourth-order valence-corrected chi connectivity index (χ4v) is 4.22. The summed E-state index contributed by atoms with van der Waals surface area (Å²) in [6.45, 7) is 4.47. The third-order valence-electron chi connectivity index (χ3n) is 4.02. The zero-order valence-corrected chi connectivity index (χ0v) is 12.5. The van der Waals surface area contributed by atoms with E-state index in [4.69, 9.17) is 5.10 Å². The number of nitrogens with zero attached hydrogens (tertiary/aromatic N) is 2. The van der Waals surface area contributed by atoms with E-state index in [2.05, 4.69) is 54.9 Å². The van der Waals surface area contributed by atoms with Crippen molar-refractivity contribution in [1.82, 2.24) is 15.1 Å². The number of hydrogen-bond donors (Lipinski definition) is 1. The van der Waals surface area contributed by atoms with Crippen LogP contribution in [0.25, 0.3) is 0 Å². The van der Waals surface area contributed by atoms with Crippen molar-refractivity contribution in [2.45, 2.75) is 45.2 Å². The van der Waals surface area contributed by atoms with E-state index in [0.29, 0.717) is 12.1 Å². The fourth-order valence-electron chi connectivity index (χ4n) is 2.74. The molecule has 0 spiro atoms. The Morgan fingerprint density at radius 1 is 1.44 bits per heavy atom. The summed E-state index contributed by atoms with van der Waals surface area (Å²) in [5.41, 5.74) is 1.26. The van der Waals surface area contributed by atoms with E-state index in [0.717, 1.165) is 25.2 Å². The van der Waals surface area contributed by atoms with Crippen molar-refractivity contribution in [2.24, 2.45) is 5.92 Å². The first kappa shape index (κ1) is 13.9. The normalized spacial score (nSPS) is 24.0. The van der Waals surface area contributed by atoms with Gasteiger partial charge in [-0.15, -0.1) is 0 Å². The Morgan fingerprint density at radius 3 is 2.89 bits per heavy atom. The van der Waals surface area contributed by atoms with Gasteiger partial charge in [-0.25, -0.2) is 0 Å². The number of nitrogens with one attached hydrogen (secondary N) is 1. The Bertz CT molecular complexity index is 360. The quantitative estimate of drug-likeness (QED) is 0.859. The number of thioether (sulfide) groups is 1. The smallest absolute Gasteiger partial charge is 0.0628 e. The lowest BCUT2D eigenvalue weighted by molar-refractivity contribution is 0.414. The Morgan fingerprint density at radius 2 is 2.22 bits per heavy atom. The van der Waals surface area contributed by atoms with Gasteiger partial charge in [0.15, 0.2) is 0 Å². The first-order chi connectivity index (χ1) is 8.78. The van der Waals surface area contributed by atoms with Crippen LogP contribution in [0, 0.1) is 5.92 Å². The van der Waals surface area contributed by atoms with Gasteiger partial charge >= 0.3 is 0 Å². The van der Waals surface area contributed by atoms with E-state index in [9.17, 15) is 0 Å². The van der Waals surface area contributed by atoms with Crippen LogP contribution in [-0.2, 0) is 6.42 Å². The first-order valence-electron chi connectivity index (χ1n) is 7.07.